The molecule has 1 aromatic rings. The van der Waals surface area contributed by atoms with Gasteiger partial charge in [0.2, 0.25) is 0 Å². The van der Waals surface area contributed by atoms with Crippen molar-refractivity contribution in [2.45, 2.75) is 11.8 Å². The van der Waals surface area contributed by atoms with E-state index in [9.17, 15) is 0 Å². The van der Waals surface area contributed by atoms with Gasteiger partial charge < -0.3 is 5.73 Å². The molecule has 1 aromatic carbocycles. The highest BCUT2D eigenvalue weighted by atomic mass is 35.5. The average molecular weight is 196 g/mol. The zero-order chi connectivity index (χ0) is 9.31. The molecule has 2 heteroatoms. The van der Waals surface area contributed by atoms with Crippen LogP contribution in [0.4, 0.5) is 0 Å². The van der Waals surface area contributed by atoms with Gasteiger partial charge in [-0.3, -0.25) is 0 Å². The van der Waals surface area contributed by atoms with Crippen LogP contribution in [0.1, 0.15) is 12.0 Å². The highest BCUT2D eigenvalue weighted by molar-refractivity contribution is 6.18. The van der Waals surface area contributed by atoms with Crippen molar-refractivity contribution in [3.8, 4) is 0 Å². The zero-order valence-corrected chi connectivity index (χ0v) is 8.30. The quantitative estimate of drug-likeness (QED) is 0.735. The van der Waals surface area contributed by atoms with Crippen molar-refractivity contribution >= 4 is 11.6 Å². The van der Waals surface area contributed by atoms with Crippen LogP contribution in [0.15, 0.2) is 30.3 Å². The van der Waals surface area contributed by atoms with Crippen LogP contribution in [0.3, 0.4) is 0 Å². The molecule has 2 N–H and O–H groups in total. The van der Waals surface area contributed by atoms with Crippen molar-refractivity contribution in [2.24, 2.45) is 11.7 Å². The predicted octanol–water partition coefficient (Wildman–Crippen LogP) is 2.14. The fourth-order valence-corrected chi connectivity index (χ4v) is 2.48. The molecule has 70 valence electrons. The maximum atomic E-state index is 5.86. The molecule has 2 unspecified atom stereocenters. The van der Waals surface area contributed by atoms with Crippen LogP contribution in [0.5, 0.6) is 0 Å². The van der Waals surface area contributed by atoms with Crippen molar-refractivity contribution in [2.75, 3.05) is 12.4 Å². The van der Waals surface area contributed by atoms with E-state index < -0.39 is 0 Å². The molecule has 0 amide bonds. The van der Waals surface area contributed by atoms with Crippen LogP contribution < -0.4 is 5.73 Å². The molecule has 1 fully saturated rings. The molecule has 0 bridgehead atoms. The Bertz CT molecular complexity index is 285. The summed E-state index contributed by atoms with van der Waals surface area (Å²) in [5.41, 5.74) is 7.36. The summed E-state index contributed by atoms with van der Waals surface area (Å²) in [5, 5.41) is 0. The van der Waals surface area contributed by atoms with Gasteiger partial charge in [-0.2, -0.15) is 0 Å². The molecule has 1 nitrogen and oxygen atoms in total. The van der Waals surface area contributed by atoms with E-state index in [0.717, 1.165) is 12.3 Å². The molecular weight excluding hydrogens is 182 g/mol. The van der Waals surface area contributed by atoms with E-state index in [1.54, 1.807) is 0 Å². The molecule has 1 aliphatic rings. The lowest BCUT2D eigenvalue weighted by Gasteiger charge is -2.14. The Labute approximate surface area is 83.9 Å². The minimum Gasteiger partial charge on any atom is -0.330 e. The largest absolute Gasteiger partial charge is 0.330 e. The molecular formula is C11H14ClN. The maximum absolute atomic E-state index is 5.86. The number of nitrogens with two attached hydrogens (primary N) is 1. The third-order valence-corrected chi connectivity index (χ3v) is 3.50. The van der Waals surface area contributed by atoms with Gasteiger partial charge in [0, 0.05) is 17.8 Å². The van der Waals surface area contributed by atoms with Gasteiger partial charge in [-0.1, -0.05) is 30.3 Å². The van der Waals surface area contributed by atoms with Gasteiger partial charge in [0.15, 0.2) is 0 Å². The Kier molecular flexibility index (Phi) is 2.31. The van der Waals surface area contributed by atoms with Crippen LogP contribution in [0.2, 0.25) is 0 Å². The summed E-state index contributed by atoms with van der Waals surface area (Å²) in [6, 6.07) is 10.5. The van der Waals surface area contributed by atoms with E-state index in [4.69, 9.17) is 17.3 Å². The fraction of sp³-hybridized carbons (Fsp3) is 0.455. The number of rotatable bonds is 3. The topological polar surface area (TPSA) is 26.0 Å². The van der Waals surface area contributed by atoms with Crippen LogP contribution in [0, 0.1) is 5.92 Å². The molecule has 0 aliphatic heterocycles. The third-order valence-electron chi connectivity index (χ3n) is 3.13. The molecule has 2 rings (SSSR count). The second kappa shape index (κ2) is 3.32. The fourth-order valence-electron chi connectivity index (χ4n) is 2.07. The number of benzene rings is 1. The first-order valence-electron chi connectivity index (χ1n) is 4.65. The first-order valence-corrected chi connectivity index (χ1v) is 5.18. The Morgan fingerprint density at radius 2 is 2.08 bits per heavy atom. The Morgan fingerprint density at radius 3 is 2.54 bits per heavy atom. The summed E-state index contributed by atoms with van der Waals surface area (Å²) in [5.74, 6) is 1.31. The summed E-state index contributed by atoms with van der Waals surface area (Å²) in [4.78, 5) is 0. The van der Waals surface area contributed by atoms with Gasteiger partial charge in [0.25, 0.3) is 0 Å². The number of halogens is 1. The second-order valence-corrected chi connectivity index (χ2v) is 4.09. The first-order chi connectivity index (χ1) is 6.33. The van der Waals surface area contributed by atoms with E-state index in [-0.39, 0.29) is 5.41 Å². The molecule has 2 atom stereocenters. The molecule has 0 heterocycles. The SMILES string of the molecule is NCC1(c2ccccc2)CC1CCl. The van der Waals surface area contributed by atoms with Crippen molar-refractivity contribution < 1.29 is 0 Å². The standard InChI is InChI=1S/C11H14ClN/c12-7-10-6-11(10,8-13)9-4-2-1-3-5-9/h1-5,10H,6-8,13H2. The van der Waals surface area contributed by atoms with Crippen LogP contribution in [-0.2, 0) is 5.41 Å². The summed E-state index contributed by atoms with van der Waals surface area (Å²) in [6.45, 7) is 0.717. The minimum absolute atomic E-state index is 0.197. The van der Waals surface area contributed by atoms with Gasteiger partial charge in [-0.25, -0.2) is 0 Å². The van der Waals surface area contributed by atoms with E-state index >= 15 is 0 Å². The number of hydrogen-bond acceptors (Lipinski definition) is 1. The number of alkyl halides is 1. The van der Waals surface area contributed by atoms with Crippen molar-refractivity contribution in [3.63, 3.8) is 0 Å². The summed E-state index contributed by atoms with van der Waals surface area (Å²) in [7, 11) is 0. The second-order valence-electron chi connectivity index (χ2n) is 3.78. The summed E-state index contributed by atoms with van der Waals surface area (Å²) < 4.78 is 0. The molecule has 1 aliphatic carbocycles. The third kappa shape index (κ3) is 1.36. The lowest BCUT2D eigenvalue weighted by Crippen LogP contribution is -2.22. The predicted molar refractivity (Wildman–Crippen MR) is 56.0 cm³/mol. The normalized spacial score (nSPS) is 31.7. The van der Waals surface area contributed by atoms with Gasteiger partial charge in [-0.15, -0.1) is 11.6 Å². The molecule has 0 aromatic heterocycles. The van der Waals surface area contributed by atoms with Gasteiger partial charge in [0.1, 0.15) is 0 Å². The molecule has 0 spiro atoms. The van der Waals surface area contributed by atoms with Gasteiger partial charge in [-0.05, 0) is 17.9 Å². The van der Waals surface area contributed by atoms with E-state index in [1.807, 2.05) is 6.07 Å². The maximum Gasteiger partial charge on any atom is 0.0261 e. The first kappa shape index (κ1) is 9.04. The van der Waals surface area contributed by atoms with Crippen LogP contribution in [-0.4, -0.2) is 12.4 Å². The van der Waals surface area contributed by atoms with Crippen LogP contribution >= 0.6 is 11.6 Å². The summed E-state index contributed by atoms with van der Waals surface area (Å²) >= 11 is 5.86. The van der Waals surface area contributed by atoms with Crippen molar-refractivity contribution in [1.82, 2.24) is 0 Å². The number of hydrogen-bond donors (Lipinski definition) is 1. The van der Waals surface area contributed by atoms with E-state index in [2.05, 4.69) is 24.3 Å². The van der Waals surface area contributed by atoms with Crippen LogP contribution in [0.25, 0.3) is 0 Å². The molecule has 1 saturated carbocycles. The summed E-state index contributed by atoms with van der Waals surface area (Å²) in [6.07, 6.45) is 1.15. The Balaban J connectivity index is 2.25. The smallest absolute Gasteiger partial charge is 0.0261 e. The lowest BCUT2D eigenvalue weighted by atomic mass is 9.94. The molecule has 13 heavy (non-hydrogen) atoms. The van der Waals surface area contributed by atoms with Gasteiger partial charge in [0.05, 0.1) is 0 Å². The Morgan fingerprint density at radius 1 is 1.38 bits per heavy atom. The lowest BCUT2D eigenvalue weighted by molar-refractivity contribution is 0.644. The van der Waals surface area contributed by atoms with E-state index in [0.29, 0.717) is 12.5 Å². The Hall–Kier alpha value is -0.530. The average Bonchev–Trinajstić information content (AvgIpc) is 2.94. The highest BCUT2D eigenvalue weighted by Gasteiger charge is 2.53. The zero-order valence-electron chi connectivity index (χ0n) is 7.54. The van der Waals surface area contributed by atoms with Gasteiger partial charge >= 0.3 is 0 Å². The van der Waals surface area contributed by atoms with Crippen molar-refractivity contribution in [1.29, 1.82) is 0 Å². The molecule has 0 radical (unpaired) electrons. The highest BCUT2D eigenvalue weighted by Crippen LogP contribution is 2.53. The van der Waals surface area contributed by atoms with Crippen molar-refractivity contribution in [3.05, 3.63) is 35.9 Å². The monoisotopic (exact) mass is 195 g/mol. The molecule has 0 saturated heterocycles. The minimum atomic E-state index is 0.197. The van der Waals surface area contributed by atoms with E-state index in [1.165, 1.54) is 5.56 Å².